The number of Topliss-reactive ketones (excluding diaryl/α,β-unsaturated/α-hetero) is 1. The fraction of sp³-hybridized carbons (Fsp3) is 0.261. The third-order valence-electron chi connectivity index (χ3n) is 5.44. The van der Waals surface area contributed by atoms with Crippen molar-refractivity contribution in [3.63, 3.8) is 0 Å². The van der Waals surface area contributed by atoms with Crippen LogP contribution in [-0.2, 0) is 4.79 Å². The van der Waals surface area contributed by atoms with Gasteiger partial charge >= 0.3 is 6.01 Å². The molecule has 2 aromatic carbocycles. The number of ketones is 1. The van der Waals surface area contributed by atoms with Crippen LogP contribution in [0.3, 0.4) is 0 Å². The number of phenols is 1. The first-order chi connectivity index (χ1) is 14.4. The summed E-state index contributed by atoms with van der Waals surface area (Å²) in [6.45, 7) is 4.08. The lowest BCUT2D eigenvalue weighted by atomic mass is 9.72. The molecule has 7 nitrogen and oxygen atoms in total. The fourth-order valence-electron chi connectivity index (χ4n) is 4.20. The second kappa shape index (κ2) is 6.73. The minimum Gasteiger partial charge on any atom is -0.508 e. The van der Waals surface area contributed by atoms with Gasteiger partial charge < -0.3 is 14.8 Å². The predicted octanol–water partition coefficient (Wildman–Crippen LogP) is 4.14. The molecule has 1 aliphatic heterocycles. The molecular formula is C23H22N4O3. The average molecular weight is 402 g/mol. The summed E-state index contributed by atoms with van der Waals surface area (Å²) in [5.74, 6) is 0.295. The number of nitrogens with zero attached hydrogens (tertiary/aromatic N) is 2. The van der Waals surface area contributed by atoms with E-state index in [-0.39, 0.29) is 16.9 Å². The van der Waals surface area contributed by atoms with Crippen LogP contribution in [0.5, 0.6) is 5.75 Å². The molecule has 0 unspecified atom stereocenters. The number of carbonyl (C=O) groups is 1. The van der Waals surface area contributed by atoms with Crippen molar-refractivity contribution < 1.29 is 14.3 Å². The van der Waals surface area contributed by atoms with Crippen molar-refractivity contribution in [1.82, 2.24) is 10.3 Å². The number of hydrogen-bond acceptors (Lipinski definition) is 7. The fourth-order valence-corrected chi connectivity index (χ4v) is 4.20. The highest BCUT2D eigenvalue weighted by molar-refractivity contribution is 5.98. The highest BCUT2D eigenvalue weighted by Crippen LogP contribution is 2.43. The summed E-state index contributed by atoms with van der Waals surface area (Å²) in [5, 5.41) is 16.3. The Morgan fingerprint density at radius 3 is 2.83 bits per heavy atom. The molecule has 1 aliphatic carbocycles. The maximum Gasteiger partial charge on any atom is 0.302 e. The van der Waals surface area contributed by atoms with Gasteiger partial charge in [-0.25, -0.2) is 4.99 Å². The number of guanidine groups is 1. The van der Waals surface area contributed by atoms with Crippen LogP contribution in [-0.4, -0.2) is 21.8 Å². The molecule has 30 heavy (non-hydrogen) atoms. The first kappa shape index (κ1) is 18.4. The number of aromatic nitrogens is 1. The van der Waals surface area contributed by atoms with Gasteiger partial charge in [0.2, 0.25) is 5.96 Å². The number of allylic oxidation sites excluding steroid dienone is 1. The van der Waals surface area contributed by atoms with Crippen molar-refractivity contribution >= 4 is 28.9 Å². The van der Waals surface area contributed by atoms with Crippen molar-refractivity contribution in [3.05, 3.63) is 65.9 Å². The van der Waals surface area contributed by atoms with Crippen molar-refractivity contribution in [2.45, 2.75) is 26.3 Å². The molecule has 2 atom stereocenters. The molecule has 0 saturated carbocycles. The van der Waals surface area contributed by atoms with Gasteiger partial charge in [0.05, 0.1) is 12.0 Å². The number of carbonyl (C=O) groups excluding carboxylic acids is 1. The zero-order chi connectivity index (χ0) is 20.9. The van der Waals surface area contributed by atoms with E-state index in [0.717, 1.165) is 16.8 Å². The van der Waals surface area contributed by atoms with Crippen LogP contribution in [0.1, 0.15) is 31.9 Å². The number of hydrogen-bond donors (Lipinski definition) is 3. The molecule has 0 amide bonds. The highest BCUT2D eigenvalue weighted by Gasteiger charge is 2.42. The van der Waals surface area contributed by atoms with Crippen LogP contribution in [0.15, 0.2) is 69.7 Å². The summed E-state index contributed by atoms with van der Waals surface area (Å²) in [4.78, 5) is 22.2. The predicted molar refractivity (Wildman–Crippen MR) is 114 cm³/mol. The molecule has 0 bridgehead atoms. The molecule has 1 aromatic heterocycles. The highest BCUT2D eigenvalue weighted by atomic mass is 16.4. The molecule has 0 fully saturated rings. The molecule has 3 N–H and O–H groups in total. The minimum atomic E-state index is -0.458. The molecule has 3 aromatic rings. The number of aliphatic imine (C=N–C) groups is 1. The van der Waals surface area contributed by atoms with Crippen LogP contribution in [0.2, 0.25) is 0 Å². The third-order valence-corrected chi connectivity index (χ3v) is 5.44. The first-order valence-corrected chi connectivity index (χ1v) is 9.90. The number of phenolic OH excluding ortho intramolecular Hbond substituents is 1. The Labute approximate surface area is 173 Å². The van der Waals surface area contributed by atoms with Crippen LogP contribution < -0.4 is 10.6 Å². The number of anilines is 1. The van der Waals surface area contributed by atoms with Gasteiger partial charge in [-0.3, -0.25) is 10.1 Å². The Balaban J connectivity index is 1.56. The van der Waals surface area contributed by atoms with Gasteiger partial charge in [-0.15, -0.1) is 0 Å². The Bertz CT molecular complexity index is 1170. The Hall–Kier alpha value is -3.61. The molecule has 0 spiro atoms. The lowest BCUT2D eigenvalue weighted by Gasteiger charge is -2.38. The zero-order valence-corrected chi connectivity index (χ0v) is 16.7. The lowest BCUT2D eigenvalue weighted by Crippen LogP contribution is -2.45. The van der Waals surface area contributed by atoms with E-state index in [4.69, 9.17) is 9.41 Å². The van der Waals surface area contributed by atoms with Gasteiger partial charge in [0.15, 0.2) is 5.58 Å². The van der Waals surface area contributed by atoms with E-state index in [1.54, 1.807) is 18.2 Å². The second-order valence-electron chi connectivity index (χ2n) is 8.46. The SMILES string of the molecule is CC1(C)C=C2NC(Nc3nc4ccccc4o3)=N[C@H](c3cccc(O)c3)[C@H]2C(=O)C1. The van der Waals surface area contributed by atoms with Crippen LogP contribution in [0.25, 0.3) is 11.1 Å². The summed E-state index contributed by atoms with van der Waals surface area (Å²) in [6, 6.07) is 14.3. The molecular weight excluding hydrogens is 380 g/mol. The number of nitrogens with one attached hydrogen (secondary N) is 2. The van der Waals surface area contributed by atoms with Gasteiger partial charge in [-0.1, -0.05) is 44.2 Å². The van der Waals surface area contributed by atoms with E-state index < -0.39 is 12.0 Å². The van der Waals surface area contributed by atoms with E-state index in [0.29, 0.717) is 24.0 Å². The minimum absolute atomic E-state index is 0.128. The average Bonchev–Trinajstić information content (AvgIpc) is 3.08. The molecule has 7 heteroatoms. The van der Waals surface area contributed by atoms with Crippen LogP contribution in [0.4, 0.5) is 6.01 Å². The molecule has 152 valence electrons. The number of benzene rings is 2. The van der Waals surface area contributed by atoms with Gasteiger partial charge in [0, 0.05) is 12.1 Å². The lowest BCUT2D eigenvalue weighted by molar-refractivity contribution is -0.124. The van der Waals surface area contributed by atoms with Crippen LogP contribution >= 0.6 is 0 Å². The Kier molecular flexibility index (Phi) is 4.13. The van der Waals surface area contributed by atoms with E-state index >= 15 is 0 Å². The van der Waals surface area contributed by atoms with Crippen molar-refractivity contribution in [3.8, 4) is 5.75 Å². The largest absolute Gasteiger partial charge is 0.508 e. The molecule has 2 heterocycles. The van der Waals surface area contributed by atoms with Crippen molar-refractivity contribution in [2.24, 2.45) is 16.3 Å². The Morgan fingerprint density at radius 1 is 1.20 bits per heavy atom. The van der Waals surface area contributed by atoms with E-state index in [1.807, 2.05) is 44.2 Å². The van der Waals surface area contributed by atoms with Crippen molar-refractivity contribution in [2.75, 3.05) is 5.32 Å². The standard InChI is InChI=1S/C23H22N4O3/c1-23(2)11-16-19(17(29)12-23)20(13-6-5-7-14(28)10-13)26-21(24-16)27-22-25-15-8-3-4-9-18(15)30-22/h3-11,19-20,28H,12H2,1-2H3,(H2,24,25,26,27)/t19-,20-/m1/s1. The molecule has 2 aliphatic rings. The summed E-state index contributed by atoms with van der Waals surface area (Å²) in [6.07, 6.45) is 2.54. The number of aromatic hydroxyl groups is 1. The summed E-state index contributed by atoms with van der Waals surface area (Å²) in [5.41, 5.74) is 2.74. The Morgan fingerprint density at radius 2 is 2.03 bits per heavy atom. The van der Waals surface area contributed by atoms with Crippen molar-refractivity contribution in [1.29, 1.82) is 0 Å². The summed E-state index contributed by atoms with van der Waals surface area (Å²) < 4.78 is 5.76. The molecule has 0 radical (unpaired) electrons. The second-order valence-corrected chi connectivity index (χ2v) is 8.46. The van der Waals surface area contributed by atoms with Gasteiger partial charge in [-0.05, 0) is 35.2 Å². The number of rotatable bonds is 2. The smallest absolute Gasteiger partial charge is 0.302 e. The quantitative estimate of drug-likeness (QED) is 0.596. The monoisotopic (exact) mass is 402 g/mol. The van der Waals surface area contributed by atoms with E-state index in [1.165, 1.54) is 0 Å². The number of para-hydroxylation sites is 2. The van der Waals surface area contributed by atoms with E-state index in [9.17, 15) is 9.90 Å². The van der Waals surface area contributed by atoms with E-state index in [2.05, 4.69) is 21.7 Å². The van der Waals surface area contributed by atoms with Crippen LogP contribution in [0, 0.1) is 11.3 Å². The zero-order valence-electron chi connectivity index (χ0n) is 16.7. The number of oxazole rings is 1. The molecule has 0 saturated heterocycles. The maximum atomic E-state index is 13.0. The van der Waals surface area contributed by atoms with Gasteiger partial charge in [0.25, 0.3) is 0 Å². The first-order valence-electron chi connectivity index (χ1n) is 9.90. The van der Waals surface area contributed by atoms with Gasteiger partial charge in [0.1, 0.15) is 17.0 Å². The third kappa shape index (κ3) is 3.32. The van der Waals surface area contributed by atoms with Gasteiger partial charge in [-0.2, -0.15) is 4.98 Å². The number of fused-ring (bicyclic) bond motifs is 2. The topological polar surface area (TPSA) is 99.8 Å². The summed E-state index contributed by atoms with van der Waals surface area (Å²) >= 11 is 0. The maximum absolute atomic E-state index is 13.0. The normalized spacial score (nSPS) is 22.7. The summed E-state index contributed by atoms with van der Waals surface area (Å²) in [7, 11) is 0. The molecule has 5 rings (SSSR count).